The number of thiazole rings is 1. The number of carbonyl (C=O) groups is 1. The number of rotatable bonds is 4. The molecule has 5 nitrogen and oxygen atoms in total. The molecule has 6 heteroatoms. The summed E-state index contributed by atoms with van der Waals surface area (Å²) in [6.07, 6.45) is 3.60. The minimum Gasteiger partial charge on any atom is -0.375 e. The number of hydrogen-bond donors (Lipinski definition) is 1. The van der Waals surface area contributed by atoms with Gasteiger partial charge in [-0.05, 0) is 31.4 Å². The number of methoxy groups -OCH3 is 1. The quantitative estimate of drug-likeness (QED) is 0.900. The van der Waals surface area contributed by atoms with Crippen LogP contribution in [0, 0.1) is 0 Å². The van der Waals surface area contributed by atoms with Crippen LogP contribution in [0.1, 0.15) is 48.6 Å². The minimum absolute atomic E-state index is 0.0154. The molecule has 1 spiro atoms. The highest BCUT2D eigenvalue weighted by Gasteiger charge is 2.48. The first-order valence-electron chi connectivity index (χ1n) is 8.75. The summed E-state index contributed by atoms with van der Waals surface area (Å²) in [7, 11) is 1.68. The number of carbonyl (C=O) groups excluding carboxylic acids is 1. The van der Waals surface area contributed by atoms with Gasteiger partial charge in [-0.15, -0.1) is 11.3 Å². The maximum absolute atomic E-state index is 12.8. The van der Waals surface area contributed by atoms with Gasteiger partial charge in [-0.25, -0.2) is 9.78 Å². The Morgan fingerprint density at radius 1 is 1.44 bits per heavy atom. The third kappa shape index (κ3) is 2.83. The van der Waals surface area contributed by atoms with Crippen LogP contribution in [0.2, 0.25) is 0 Å². The number of ether oxygens (including phenoxy) is 1. The van der Waals surface area contributed by atoms with E-state index in [1.165, 1.54) is 24.8 Å². The lowest BCUT2D eigenvalue weighted by Crippen LogP contribution is -2.45. The number of fused-ring (bicyclic) bond motifs is 2. The number of amides is 2. The van der Waals surface area contributed by atoms with Crippen molar-refractivity contribution in [2.45, 2.75) is 44.2 Å². The normalized spacial score (nSPS) is 18.7. The van der Waals surface area contributed by atoms with E-state index in [2.05, 4.69) is 28.5 Å². The highest BCUT2D eigenvalue weighted by molar-refractivity contribution is 7.09. The summed E-state index contributed by atoms with van der Waals surface area (Å²) in [4.78, 5) is 19.2. The Kier molecular flexibility index (Phi) is 4.25. The molecule has 1 aliphatic carbocycles. The first-order valence-corrected chi connectivity index (χ1v) is 9.63. The van der Waals surface area contributed by atoms with Crippen LogP contribution < -0.4 is 10.2 Å². The molecule has 1 fully saturated rings. The molecule has 0 radical (unpaired) electrons. The average Bonchev–Trinajstić information content (AvgIpc) is 3.21. The van der Waals surface area contributed by atoms with Crippen LogP contribution in [0.15, 0.2) is 29.6 Å². The molecule has 2 heterocycles. The summed E-state index contributed by atoms with van der Waals surface area (Å²) in [5.41, 5.74) is 3.46. The molecule has 1 atom stereocenters. The molecule has 2 aliphatic rings. The van der Waals surface area contributed by atoms with Crippen molar-refractivity contribution in [2.75, 3.05) is 18.6 Å². The number of nitrogens with zero attached hydrogens (tertiary/aromatic N) is 2. The lowest BCUT2D eigenvalue weighted by atomic mass is 9.66. The molecule has 4 rings (SSSR count). The Labute approximate surface area is 152 Å². The number of hydrogen-bond acceptors (Lipinski definition) is 4. The topological polar surface area (TPSA) is 54.5 Å². The first kappa shape index (κ1) is 16.5. The summed E-state index contributed by atoms with van der Waals surface area (Å²) < 4.78 is 5.29. The number of aromatic nitrogens is 1. The van der Waals surface area contributed by atoms with Gasteiger partial charge in [0.15, 0.2) is 0 Å². The Hall–Kier alpha value is -1.92. The van der Waals surface area contributed by atoms with E-state index in [0.29, 0.717) is 6.54 Å². The monoisotopic (exact) mass is 357 g/mol. The predicted octanol–water partition coefficient (Wildman–Crippen LogP) is 4.00. The maximum atomic E-state index is 12.8. The smallest absolute Gasteiger partial charge is 0.322 e. The van der Waals surface area contributed by atoms with Crippen LogP contribution in [0.5, 0.6) is 0 Å². The van der Waals surface area contributed by atoms with E-state index >= 15 is 0 Å². The van der Waals surface area contributed by atoms with Gasteiger partial charge in [0.05, 0.1) is 12.2 Å². The van der Waals surface area contributed by atoms with Crippen LogP contribution in [0.3, 0.4) is 0 Å². The summed E-state index contributed by atoms with van der Waals surface area (Å²) >= 11 is 1.57. The van der Waals surface area contributed by atoms with Crippen LogP contribution >= 0.6 is 11.3 Å². The zero-order valence-corrected chi connectivity index (χ0v) is 15.4. The van der Waals surface area contributed by atoms with Crippen molar-refractivity contribution in [3.8, 4) is 0 Å². The maximum Gasteiger partial charge on any atom is 0.322 e. The van der Waals surface area contributed by atoms with Crippen molar-refractivity contribution in [3.63, 3.8) is 0 Å². The second-order valence-corrected chi connectivity index (χ2v) is 7.84. The lowest BCUT2D eigenvalue weighted by molar-refractivity contribution is 0.119. The van der Waals surface area contributed by atoms with Crippen LogP contribution in [-0.4, -0.2) is 24.7 Å². The molecule has 1 N–H and O–H groups in total. The second kappa shape index (κ2) is 6.42. The number of urea groups is 1. The summed E-state index contributed by atoms with van der Waals surface area (Å²) in [5.74, 6) is 0. The molecule has 0 saturated heterocycles. The van der Waals surface area contributed by atoms with Crippen molar-refractivity contribution >= 4 is 23.1 Å². The van der Waals surface area contributed by atoms with Crippen molar-refractivity contribution < 1.29 is 9.53 Å². The van der Waals surface area contributed by atoms with Gasteiger partial charge in [-0.2, -0.15) is 0 Å². The number of para-hydroxylation sites is 1. The summed E-state index contributed by atoms with van der Waals surface area (Å²) in [6.45, 7) is 3.21. The molecule has 2 aromatic rings. The third-order valence-corrected chi connectivity index (χ3v) is 6.53. The number of nitrogens with one attached hydrogen (secondary N) is 1. The molecule has 2 amide bonds. The van der Waals surface area contributed by atoms with Crippen molar-refractivity contribution in [1.82, 2.24) is 10.3 Å². The van der Waals surface area contributed by atoms with Crippen LogP contribution in [-0.2, 0) is 16.7 Å². The van der Waals surface area contributed by atoms with Gasteiger partial charge in [0.25, 0.3) is 0 Å². The summed E-state index contributed by atoms with van der Waals surface area (Å²) in [6, 6.07) is 8.29. The zero-order chi connectivity index (χ0) is 17.4. The van der Waals surface area contributed by atoms with Crippen LogP contribution in [0.25, 0.3) is 0 Å². The van der Waals surface area contributed by atoms with Crippen molar-refractivity contribution in [2.24, 2.45) is 0 Å². The van der Waals surface area contributed by atoms with E-state index in [4.69, 9.17) is 4.74 Å². The van der Waals surface area contributed by atoms with E-state index in [1.807, 2.05) is 23.3 Å². The third-order valence-electron chi connectivity index (χ3n) is 5.47. The lowest BCUT2D eigenvalue weighted by Gasteiger charge is -2.38. The fourth-order valence-corrected chi connectivity index (χ4v) is 4.65. The molecule has 1 aromatic carbocycles. The molecular weight excluding hydrogens is 334 g/mol. The number of benzene rings is 1. The molecule has 132 valence electrons. The molecule has 1 aromatic heterocycles. The molecule has 1 aliphatic heterocycles. The zero-order valence-electron chi connectivity index (χ0n) is 14.6. The van der Waals surface area contributed by atoms with Gasteiger partial charge in [-0.3, -0.25) is 4.90 Å². The molecular formula is C19H23N3O2S. The van der Waals surface area contributed by atoms with Gasteiger partial charge in [0.2, 0.25) is 0 Å². The van der Waals surface area contributed by atoms with E-state index in [9.17, 15) is 4.79 Å². The first-order chi connectivity index (χ1) is 12.1. The fourth-order valence-electron chi connectivity index (χ4n) is 3.80. The average molecular weight is 357 g/mol. The Bertz CT molecular complexity index is 784. The van der Waals surface area contributed by atoms with Crippen LogP contribution in [0.4, 0.5) is 10.5 Å². The molecule has 0 bridgehead atoms. The van der Waals surface area contributed by atoms with E-state index in [-0.39, 0.29) is 17.6 Å². The molecule has 25 heavy (non-hydrogen) atoms. The standard InChI is InChI=1S/C19H23N3O2S/c1-13(24-2)17-21-14(11-25-17)10-20-18(23)22-12-19(8-5-9-19)15-6-3-4-7-16(15)22/h3-4,6-7,11,13H,5,8-10,12H2,1-2H3,(H,20,23). The Morgan fingerprint density at radius 2 is 2.24 bits per heavy atom. The van der Waals surface area contributed by atoms with E-state index in [1.54, 1.807) is 18.4 Å². The minimum atomic E-state index is -0.0365. The second-order valence-electron chi connectivity index (χ2n) is 6.95. The van der Waals surface area contributed by atoms with E-state index < -0.39 is 0 Å². The SMILES string of the molecule is COC(C)c1nc(CNC(=O)N2CC3(CCC3)c3ccccc32)cs1. The molecule has 1 saturated carbocycles. The predicted molar refractivity (Wildman–Crippen MR) is 99.1 cm³/mol. The van der Waals surface area contributed by atoms with Gasteiger partial charge in [-0.1, -0.05) is 24.6 Å². The van der Waals surface area contributed by atoms with Crippen molar-refractivity contribution in [3.05, 3.63) is 45.9 Å². The Morgan fingerprint density at radius 3 is 2.96 bits per heavy atom. The van der Waals surface area contributed by atoms with Gasteiger partial charge in [0, 0.05) is 30.1 Å². The van der Waals surface area contributed by atoms with Crippen molar-refractivity contribution in [1.29, 1.82) is 0 Å². The highest BCUT2D eigenvalue weighted by Crippen LogP contribution is 2.52. The van der Waals surface area contributed by atoms with Gasteiger partial charge < -0.3 is 10.1 Å². The Balaban J connectivity index is 1.44. The highest BCUT2D eigenvalue weighted by atomic mass is 32.1. The van der Waals surface area contributed by atoms with Gasteiger partial charge >= 0.3 is 6.03 Å². The van der Waals surface area contributed by atoms with E-state index in [0.717, 1.165) is 22.9 Å². The largest absolute Gasteiger partial charge is 0.375 e. The fraction of sp³-hybridized carbons (Fsp3) is 0.474. The summed E-state index contributed by atoms with van der Waals surface area (Å²) in [5, 5.41) is 5.95. The number of anilines is 1. The molecule has 1 unspecified atom stereocenters. The van der Waals surface area contributed by atoms with Gasteiger partial charge in [0.1, 0.15) is 11.1 Å².